The second-order valence-electron chi connectivity index (χ2n) is 4.51. The van der Waals surface area contributed by atoms with E-state index in [1.165, 1.54) is 0 Å². The minimum atomic E-state index is 0.507. The third-order valence-electron chi connectivity index (χ3n) is 2.34. The van der Waals surface area contributed by atoms with Gasteiger partial charge in [-0.1, -0.05) is 20.8 Å². The molecule has 4 nitrogen and oxygen atoms in total. The highest BCUT2D eigenvalue weighted by molar-refractivity contribution is 5.11. The van der Waals surface area contributed by atoms with E-state index < -0.39 is 0 Å². The van der Waals surface area contributed by atoms with Crippen molar-refractivity contribution in [2.24, 2.45) is 5.92 Å². The molecule has 1 unspecified atom stereocenters. The van der Waals surface area contributed by atoms with Gasteiger partial charge in [0.15, 0.2) is 5.75 Å². The molecule has 0 saturated carbocycles. The van der Waals surface area contributed by atoms with Crippen LogP contribution in [-0.4, -0.2) is 29.0 Å². The van der Waals surface area contributed by atoms with Gasteiger partial charge in [0.05, 0.1) is 19.0 Å². The number of aromatic nitrogens is 2. The van der Waals surface area contributed by atoms with E-state index in [1.54, 1.807) is 6.20 Å². The second-order valence-corrected chi connectivity index (χ2v) is 4.51. The zero-order valence-corrected chi connectivity index (χ0v) is 10.7. The van der Waals surface area contributed by atoms with Crippen LogP contribution in [0.3, 0.4) is 0 Å². The van der Waals surface area contributed by atoms with Crippen LogP contribution in [0.4, 0.5) is 0 Å². The molecule has 0 amide bonds. The Bertz CT molecular complexity index is 296. The van der Waals surface area contributed by atoms with Crippen molar-refractivity contribution in [2.45, 2.75) is 40.3 Å². The third-order valence-corrected chi connectivity index (χ3v) is 2.34. The molecule has 1 aromatic heterocycles. The summed E-state index contributed by atoms with van der Waals surface area (Å²) in [6.45, 7) is 11.1. The molecule has 1 aromatic rings. The predicted molar refractivity (Wildman–Crippen MR) is 65.7 cm³/mol. The Hall–Kier alpha value is -1.03. The van der Waals surface area contributed by atoms with Crippen LogP contribution < -0.4 is 10.1 Å². The fourth-order valence-corrected chi connectivity index (χ4v) is 1.33. The number of aryl methyl sites for hydroxylation is 1. The van der Waals surface area contributed by atoms with Crippen LogP contribution in [0.5, 0.6) is 5.75 Å². The lowest BCUT2D eigenvalue weighted by Gasteiger charge is -2.14. The van der Waals surface area contributed by atoms with E-state index in [1.807, 2.05) is 10.9 Å². The van der Waals surface area contributed by atoms with Crippen molar-refractivity contribution < 1.29 is 4.74 Å². The highest BCUT2D eigenvalue weighted by Crippen LogP contribution is 2.09. The Labute approximate surface area is 98.0 Å². The van der Waals surface area contributed by atoms with Gasteiger partial charge in [0.2, 0.25) is 0 Å². The summed E-state index contributed by atoms with van der Waals surface area (Å²) in [5, 5.41) is 7.56. The van der Waals surface area contributed by atoms with Gasteiger partial charge >= 0.3 is 0 Å². The summed E-state index contributed by atoms with van der Waals surface area (Å²) in [4.78, 5) is 0. The quantitative estimate of drug-likeness (QED) is 0.770. The first kappa shape index (κ1) is 13.0. The van der Waals surface area contributed by atoms with Gasteiger partial charge < -0.3 is 10.1 Å². The molecule has 16 heavy (non-hydrogen) atoms. The fraction of sp³-hybridized carbons (Fsp3) is 0.750. The van der Waals surface area contributed by atoms with E-state index in [0.717, 1.165) is 25.4 Å². The van der Waals surface area contributed by atoms with E-state index in [4.69, 9.17) is 4.74 Å². The van der Waals surface area contributed by atoms with Gasteiger partial charge in [-0.2, -0.15) is 5.10 Å². The molecule has 0 fully saturated rings. The van der Waals surface area contributed by atoms with Crippen molar-refractivity contribution in [3.63, 3.8) is 0 Å². The summed E-state index contributed by atoms with van der Waals surface area (Å²) < 4.78 is 7.53. The number of ether oxygens (including phenoxy) is 1. The van der Waals surface area contributed by atoms with Crippen LogP contribution in [0.2, 0.25) is 0 Å². The molecule has 0 aromatic carbocycles. The average molecular weight is 225 g/mol. The van der Waals surface area contributed by atoms with Gasteiger partial charge in [-0.3, -0.25) is 4.68 Å². The van der Waals surface area contributed by atoms with Gasteiger partial charge in [-0.05, 0) is 6.92 Å². The minimum Gasteiger partial charge on any atom is -0.490 e. The molecule has 0 spiro atoms. The smallest absolute Gasteiger partial charge is 0.157 e. The molecule has 0 aliphatic heterocycles. The van der Waals surface area contributed by atoms with E-state index in [9.17, 15) is 0 Å². The number of nitrogens with one attached hydrogen (secondary N) is 1. The summed E-state index contributed by atoms with van der Waals surface area (Å²) in [7, 11) is 0. The van der Waals surface area contributed by atoms with Crippen molar-refractivity contribution in [1.82, 2.24) is 15.1 Å². The molecule has 0 radical (unpaired) electrons. The number of nitrogens with zero attached hydrogens (tertiary/aromatic N) is 2. The van der Waals surface area contributed by atoms with E-state index >= 15 is 0 Å². The molecule has 0 aliphatic rings. The Morgan fingerprint density at radius 1 is 1.44 bits per heavy atom. The van der Waals surface area contributed by atoms with Gasteiger partial charge in [0.1, 0.15) is 0 Å². The van der Waals surface area contributed by atoms with Crippen LogP contribution >= 0.6 is 0 Å². The summed E-state index contributed by atoms with van der Waals surface area (Å²) in [6, 6.07) is 0.533. The molecular weight excluding hydrogens is 202 g/mol. The zero-order valence-electron chi connectivity index (χ0n) is 10.7. The average Bonchev–Trinajstić information content (AvgIpc) is 2.71. The Morgan fingerprint density at radius 3 is 2.75 bits per heavy atom. The van der Waals surface area contributed by atoms with E-state index in [0.29, 0.717) is 12.0 Å². The zero-order chi connectivity index (χ0) is 12.0. The van der Waals surface area contributed by atoms with Crippen LogP contribution in [0.15, 0.2) is 12.4 Å². The van der Waals surface area contributed by atoms with Gasteiger partial charge in [0.25, 0.3) is 0 Å². The standard InChI is InChI=1S/C12H23N3O/c1-5-15-8-12(7-14-15)16-9-11(4)6-13-10(2)3/h7-8,10-11,13H,5-6,9H2,1-4H3. The molecule has 4 heteroatoms. The molecular formula is C12H23N3O. The van der Waals surface area contributed by atoms with Crippen molar-refractivity contribution >= 4 is 0 Å². The summed E-state index contributed by atoms with van der Waals surface area (Å²) in [6.07, 6.45) is 3.70. The normalized spacial score (nSPS) is 13.1. The first-order valence-corrected chi connectivity index (χ1v) is 6.00. The lowest BCUT2D eigenvalue weighted by atomic mass is 10.2. The highest BCUT2D eigenvalue weighted by atomic mass is 16.5. The van der Waals surface area contributed by atoms with Gasteiger partial charge in [0, 0.05) is 25.0 Å². The minimum absolute atomic E-state index is 0.507. The Kier molecular flexibility index (Phi) is 5.32. The second kappa shape index (κ2) is 6.53. The maximum atomic E-state index is 5.66. The highest BCUT2D eigenvalue weighted by Gasteiger charge is 2.05. The molecule has 92 valence electrons. The molecule has 1 atom stereocenters. The van der Waals surface area contributed by atoms with Crippen LogP contribution in [0, 0.1) is 5.92 Å². The summed E-state index contributed by atoms with van der Waals surface area (Å²) in [5.41, 5.74) is 0. The first-order valence-electron chi connectivity index (χ1n) is 6.00. The van der Waals surface area contributed by atoms with Crippen molar-refractivity contribution in [1.29, 1.82) is 0 Å². The summed E-state index contributed by atoms with van der Waals surface area (Å²) in [5.74, 6) is 1.37. The third kappa shape index (κ3) is 4.66. The molecule has 0 aliphatic carbocycles. The van der Waals surface area contributed by atoms with Gasteiger partial charge in [-0.25, -0.2) is 0 Å². The number of rotatable bonds is 7. The Balaban J connectivity index is 2.23. The number of hydrogen-bond donors (Lipinski definition) is 1. The first-order chi connectivity index (χ1) is 7.61. The summed E-state index contributed by atoms with van der Waals surface area (Å²) >= 11 is 0. The topological polar surface area (TPSA) is 39.1 Å². The Morgan fingerprint density at radius 2 is 2.19 bits per heavy atom. The SMILES string of the molecule is CCn1cc(OCC(C)CNC(C)C)cn1. The van der Waals surface area contributed by atoms with Crippen molar-refractivity contribution in [2.75, 3.05) is 13.2 Å². The van der Waals surface area contributed by atoms with Crippen molar-refractivity contribution in [3.8, 4) is 5.75 Å². The van der Waals surface area contributed by atoms with Gasteiger partial charge in [-0.15, -0.1) is 0 Å². The lowest BCUT2D eigenvalue weighted by molar-refractivity contribution is 0.253. The predicted octanol–water partition coefficient (Wildman–Crippen LogP) is 1.92. The van der Waals surface area contributed by atoms with E-state index in [-0.39, 0.29) is 0 Å². The molecule has 1 N–H and O–H groups in total. The maximum Gasteiger partial charge on any atom is 0.157 e. The molecule has 0 bridgehead atoms. The van der Waals surface area contributed by atoms with Crippen LogP contribution in [-0.2, 0) is 6.54 Å². The molecule has 0 saturated heterocycles. The molecule has 1 rings (SSSR count). The van der Waals surface area contributed by atoms with Crippen molar-refractivity contribution in [3.05, 3.63) is 12.4 Å². The fourth-order valence-electron chi connectivity index (χ4n) is 1.33. The lowest BCUT2D eigenvalue weighted by Crippen LogP contribution is -2.30. The monoisotopic (exact) mass is 225 g/mol. The number of hydrogen-bond acceptors (Lipinski definition) is 3. The van der Waals surface area contributed by atoms with Crippen LogP contribution in [0.1, 0.15) is 27.7 Å². The van der Waals surface area contributed by atoms with E-state index in [2.05, 4.69) is 38.1 Å². The molecule has 1 heterocycles. The maximum absolute atomic E-state index is 5.66. The largest absolute Gasteiger partial charge is 0.490 e. The van der Waals surface area contributed by atoms with Crippen LogP contribution in [0.25, 0.3) is 0 Å².